The smallest absolute Gasteiger partial charge is 0.261 e. The lowest BCUT2D eigenvalue weighted by atomic mass is 9.96. The zero-order valence-corrected chi connectivity index (χ0v) is 16.0. The van der Waals surface area contributed by atoms with E-state index in [1.54, 1.807) is 31.2 Å². The van der Waals surface area contributed by atoms with Crippen LogP contribution in [0.2, 0.25) is 0 Å². The van der Waals surface area contributed by atoms with Gasteiger partial charge in [0, 0.05) is 12.6 Å². The first-order chi connectivity index (χ1) is 14.0. The van der Waals surface area contributed by atoms with Crippen molar-refractivity contribution >= 4 is 23.5 Å². The highest BCUT2D eigenvalue weighted by Gasteiger charge is 2.36. The number of benzene rings is 2. The summed E-state index contributed by atoms with van der Waals surface area (Å²) in [5, 5.41) is 10.9. The predicted molar refractivity (Wildman–Crippen MR) is 107 cm³/mol. The Hall–Kier alpha value is -3.87. The zero-order valence-electron chi connectivity index (χ0n) is 16.0. The molecule has 7 nitrogen and oxygen atoms in total. The molecule has 7 heteroatoms. The third-order valence-corrected chi connectivity index (χ3v) is 4.89. The van der Waals surface area contributed by atoms with Crippen LogP contribution < -0.4 is 5.32 Å². The number of hydrogen-bond acceptors (Lipinski definition) is 5. The van der Waals surface area contributed by atoms with Crippen LogP contribution in [0.4, 0.5) is 5.82 Å². The monoisotopic (exact) mass is 386 g/mol. The highest BCUT2D eigenvalue weighted by molar-refractivity contribution is 6.22. The second-order valence-corrected chi connectivity index (χ2v) is 6.86. The SMILES string of the molecule is Cc1ccc(CC(=O)Nc2ccc(-c3ccccc3)nn2)c2c1C(=O)N(C)C2=O. The van der Waals surface area contributed by atoms with Crippen molar-refractivity contribution in [2.45, 2.75) is 13.3 Å². The number of aryl methyl sites for hydroxylation is 1. The van der Waals surface area contributed by atoms with E-state index in [9.17, 15) is 14.4 Å². The molecule has 0 fully saturated rings. The van der Waals surface area contributed by atoms with E-state index >= 15 is 0 Å². The topological polar surface area (TPSA) is 92.3 Å². The number of fused-ring (bicyclic) bond motifs is 1. The van der Waals surface area contributed by atoms with Crippen LogP contribution in [0.25, 0.3) is 11.3 Å². The summed E-state index contributed by atoms with van der Waals surface area (Å²) in [5.74, 6) is -0.749. The molecule has 1 N–H and O–H groups in total. The minimum Gasteiger partial charge on any atom is -0.309 e. The molecule has 1 aliphatic rings. The second-order valence-electron chi connectivity index (χ2n) is 6.86. The Labute approximate surface area is 167 Å². The van der Waals surface area contributed by atoms with Crippen molar-refractivity contribution in [3.63, 3.8) is 0 Å². The number of carbonyl (C=O) groups is 3. The van der Waals surface area contributed by atoms with Gasteiger partial charge in [-0.3, -0.25) is 19.3 Å². The summed E-state index contributed by atoms with van der Waals surface area (Å²) in [4.78, 5) is 38.3. The van der Waals surface area contributed by atoms with Gasteiger partial charge in [-0.05, 0) is 30.2 Å². The Balaban J connectivity index is 1.52. The average molecular weight is 386 g/mol. The fourth-order valence-corrected chi connectivity index (χ4v) is 3.37. The van der Waals surface area contributed by atoms with Crippen LogP contribution in [-0.2, 0) is 11.2 Å². The minimum atomic E-state index is -0.386. The van der Waals surface area contributed by atoms with Crippen molar-refractivity contribution in [3.05, 3.63) is 76.9 Å². The van der Waals surface area contributed by atoms with Crippen LogP contribution in [-0.4, -0.2) is 39.9 Å². The molecule has 0 unspecified atom stereocenters. The van der Waals surface area contributed by atoms with Crippen LogP contribution in [0.1, 0.15) is 31.8 Å². The molecular weight excluding hydrogens is 368 g/mol. The molecule has 0 radical (unpaired) electrons. The number of aromatic nitrogens is 2. The second kappa shape index (κ2) is 7.27. The van der Waals surface area contributed by atoms with Gasteiger partial charge in [0.2, 0.25) is 5.91 Å². The zero-order chi connectivity index (χ0) is 20.5. The third kappa shape index (κ3) is 3.38. The maximum Gasteiger partial charge on any atom is 0.261 e. The molecule has 2 aromatic carbocycles. The Morgan fingerprint density at radius 2 is 1.66 bits per heavy atom. The molecule has 3 aromatic rings. The lowest BCUT2D eigenvalue weighted by molar-refractivity contribution is -0.115. The summed E-state index contributed by atoms with van der Waals surface area (Å²) < 4.78 is 0. The first kappa shape index (κ1) is 18.5. The molecular formula is C22H18N4O3. The number of anilines is 1. The number of nitrogens with one attached hydrogen (secondary N) is 1. The standard InChI is InChI=1S/C22H18N4O3/c1-13-8-9-15(20-19(13)21(28)26(2)22(20)29)12-18(27)23-17-11-10-16(24-25-17)14-6-4-3-5-7-14/h3-11H,12H2,1-2H3,(H,23,25,27). The molecule has 144 valence electrons. The largest absolute Gasteiger partial charge is 0.309 e. The van der Waals surface area contributed by atoms with E-state index in [0.717, 1.165) is 10.5 Å². The molecule has 1 aliphatic heterocycles. The van der Waals surface area contributed by atoms with Crippen molar-refractivity contribution in [1.82, 2.24) is 15.1 Å². The van der Waals surface area contributed by atoms with Crippen molar-refractivity contribution in [1.29, 1.82) is 0 Å². The number of imide groups is 1. The van der Waals surface area contributed by atoms with E-state index in [2.05, 4.69) is 15.5 Å². The van der Waals surface area contributed by atoms with Crippen molar-refractivity contribution in [2.75, 3.05) is 12.4 Å². The average Bonchev–Trinajstić information content (AvgIpc) is 2.96. The third-order valence-electron chi connectivity index (χ3n) is 4.89. The van der Waals surface area contributed by atoms with Crippen LogP contribution in [0, 0.1) is 6.92 Å². The molecule has 1 aromatic heterocycles. The highest BCUT2D eigenvalue weighted by Crippen LogP contribution is 2.28. The predicted octanol–water partition coefficient (Wildman–Crippen LogP) is 2.86. The summed E-state index contributed by atoms with van der Waals surface area (Å²) in [5.41, 5.74) is 3.54. The van der Waals surface area contributed by atoms with Gasteiger partial charge < -0.3 is 5.32 Å². The summed E-state index contributed by atoms with van der Waals surface area (Å²) in [6, 6.07) is 16.5. The molecule has 3 amide bonds. The van der Waals surface area contributed by atoms with E-state index < -0.39 is 0 Å². The molecule has 0 saturated heterocycles. The van der Waals surface area contributed by atoms with Gasteiger partial charge in [-0.25, -0.2) is 0 Å². The van der Waals surface area contributed by atoms with E-state index in [0.29, 0.717) is 33.8 Å². The molecule has 0 atom stereocenters. The first-order valence-electron chi connectivity index (χ1n) is 9.09. The van der Waals surface area contributed by atoms with Gasteiger partial charge in [0.15, 0.2) is 5.82 Å². The Morgan fingerprint density at radius 3 is 2.34 bits per heavy atom. The maximum atomic E-state index is 12.5. The fraction of sp³-hybridized carbons (Fsp3) is 0.136. The molecule has 0 bridgehead atoms. The van der Waals surface area contributed by atoms with Crippen molar-refractivity contribution < 1.29 is 14.4 Å². The molecule has 0 spiro atoms. The van der Waals surface area contributed by atoms with E-state index in [1.165, 1.54) is 7.05 Å². The van der Waals surface area contributed by atoms with Crippen LogP contribution in [0.5, 0.6) is 0 Å². The maximum absolute atomic E-state index is 12.5. The Kier molecular flexibility index (Phi) is 4.64. The molecule has 4 rings (SSSR count). The lowest BCUT2D eigenvalue weighted by Gasteiger charge is -2.09. The van der Waals surface area contributed by atoms with E-state index in [-0.39, 0.29) is 24.1 Å². The van der Waals surface area contributed by atoms with Gasteiger partial charge in [-0.2, -0.15) is 0 Å². The molecule has 0 aliphatic carbocycles. The first-order valence-corrected chi connectivity index (χ1v) is 9.09. The normalized spacial score (nSPS) is 12.8. The van der Waals surface area contributed by atoms with Crippen molar-refractivity contribution in [2.24, 2.45) is 0 Å². The van der Waals surface area contributed by atoms with Crippen LogP contribution in [0.15, 0.2) is 54.6 Å². The van der Waals surface area contributed by atoms with Gasteiger partial charge >= 0.3 is 0 Å². The summed E-state index contributed by atoms with van der Waals surface area (Å²) >= 11 is 0. The summed E-state index contributed by atoms with van der Waals surface area (Å²) in [7, 11) is 1.44. The van der Waals surface area contributed by atoms with E-state index in [4.69, 9.17) is 0 Å². The minimum absolute atomic E-state index is 0.0441. The van der Waals surface area contributed by atoms with Gasteiger partial charge in [0.25, 0.3) is 11.8 Å². The fourth-order valence-electron chi connectivity index (χ4n) is 3.37. The van der Waals surface area contributed by atoms with Crippen molar-refractivity contribution in [3.8, 4) is 11.3 Å². The van der Waals surface area contributed by atoms with Gasteiger partial charge in [-0.15, -0.1) is 10.2 Å². The summed E-state index contributed by atoms with van der Waals surface area (Å²) in [6.45, 7) is 1.77. The summed E-state index contributed by atoms with van der Waals surface area (Å²) in [6.07, 6.45) is -0.0441. The van der Waals surface area contributed by atoms with Gasteiger partial charge in [0.05, 0.1) is 23.2 Å². The van der Waals surface area contributed by atoms with E-state index in [1.807, 2.05) is 30.3 Å². The number of carbonyl (C=O) groups excluding carboxylic acids is 3. The van der Waals surface area contributed by atoms with Gasteiger partial charge in [-0.1, -0.05) is 42.5 Å². The number of rotatable bonds is 4. The molecule has 0 saturated carbocycles. The highest BCUT2D eigenvalue weighted by atomic mass is 16.2. The van der Waals surface area contributed by atoms with Gasteiger partial charge in [0.1, 0.15) is 0 Å². The quantitative estimate of drug-likeness (QED) is 0.696. The van der Waals surface area contributed by atoms with Crippen LogP contribution >= 0.6 is 0 Å². The number of hydrogen-bond donors (Lipinski definition) is 1. The Bertz CT molecular complexity index is 1120. The number of nitrogens with zero attached hydrogens (tertiary/aromatic N) is 3. The molecule has 29 heavy (non-hydrogen) atoms. The lowest BCUT2D eigenvalue weighted by Crippen LogP contribution is -2.25. The molecule has 2 heterocycles. The van der Waals surface area contributed by atoms with Crippen LogP contribution in [0.3, 0.4) is 0 Å². The Morgan fingerprint density at radius 1 is 0.931 bits per heavy atom. The number of amides is 3.